The molecule has 1 aromatic carbocycles. The van der Waals surface area contributed by atoms with Crippen LogP contribution in [0.4, 0.5) is 15.8 Å². The van der Waals surface area contributed by atoms with E-state index in [4.69, 9.17) is 0 Å². The molecular formula is C18H20FN3O. The first-order valence-electron chi connectivity index (χ1n) is 7.90. The zero-order chi connectivity index (χ0) is 16.2. The van der Waals surface area contributed by atoms with Gasteiger partial charge in [0.15, 0.2) is 0 Å². The summed E-state index contributed by atoms with van der Waals surface area (Å²) < 4.78 is 12.9. The molecule has 0 spiro atoms. The van der Waals surface area contributed by atoms with Gasteiger partial charge in [0.2, 0.25) is 0 Å². The predicted octanol–water partition coefficient (Wildman–Crippen LogP) is 3.84. The molecule has 120 valence electrons. The van der Waals surface area contributed by atoms with E-state index in [2.05, 4.69) is 17.2 Å². The number of anilines is 2. The van der Waals surface area contributed by atoms with Crippen LogP contribution in [0.25, 0.3) is 0 Å². The average Bonchev–Trinajstić information content (AvgIpc) is 2.57. The second-order valence-electron chi connectivity index (χ2n) is 6.04. The van der Waals surface area contributed by atoms with Gasteiger partial charge in [-0.3, -0.25) is 9.78 Å². The highest BCUT2D eigenvalue weighted by molar-refractivity contribution is 5.93. The van der Waals surface area contributed by atoms with Gasteiger partial charge in [-0.1, -0.05) is 6.92 Å². The highest BCUT2D eigenvalue weighted by Gasteiger charge is 2.22. The molecule has 3 rings (SSSR count). The first kappa shape index (κ1) is 15.5. The lowest BCUT2D eigenvalue weighted by Crippen LogP contribution is -2.38. The van der Waals surface area contributed by atoms with Gasteiger partial charge in [0.05, 0.1) is 0 Å². The number of benzene rings is 1. The van der Waals surface area contributed by atoms with Gasteiger partial charge in [0.1, 0.15) is 11.5 Å². The summed E-state index contributed by atoms with van der Waals surface area (Å²) in [5.74, 6) is 0.374. The van der Waals surface area contributed by atoms with Crippen LogP contribution in [0.1, 0.15) is 30.3 Å². The van der Waals surface area contributed by atoms with Gasteiger partial charge in [-0.2, -0.15) is 0 Å². The molecule has 0 unspecified atom stereocenters. The van der Waals surface area contributed by atoms with Crippen LogP contribution < -0.4 is 5.32 Å². The maximum Gasteiger partial charge on any atom is 0.272 e. The first-order chi connectivity index (χ1) is 11.1. The standard InChI is InChI=1S/C18H20FN3O/c1-13-7-10-22(11-8-13)18(23)17-12-16(6-9-20-17)21-15-4-2-14(19)3-5-15/h2-6,9,12-13H,7-8,10-11H2,1H3,(H,20,21). The maximum atomic E-state index is 12.9. The van der Waals surface area contributed by atoms with Crippen LogP contribution in [0.15, 0.2) is 42.6 Å². The monoisotopic (exact) mass is 313 g/mol. The van der Waals surface area contributed by atoms with E-state index in [0.717, 1.165) is 37.3 Å². The maximum absolute atomic E-state index is 12.9. The molecule has 0 atom stereocenters. The molecule has 0 saturated carbocycles. The van der Waals surface area contributed by atoms with E-state index >= 15 is 0 Å². The van der Waals surface area contributed by atoms with Crippen LogP contribution in [0.2, 0.25) is 0 Å². The van der Waals surface area contributed by atoms with Gasteiger partial charge in [-0.25, -0.2) is 4.39 Å². The number of pyridine rings is 1. The fraction of sp³-hybridized carbons (Fsp3) is 0.333. The lowest BCUT2D eigenvalue weighted by molar-refractivity contribution is 0.0691. The number of nitrogens with zero attached hydrogens (tertiary/aromatic N) is 2. The third-order valence-electron chi connectivity index (χ3n) is 4.18. The van der Waals surface area contributed by atoms with Gasteiger partial charge in [0, 0.05) is 30.7 Å². The lowest BCUT2D eigenvalue weighted by atomic mass is 9.99. The van der Waals surface area contributed by atoms with E-state index < -0.39 is 0 Å². The van der Waals surface area contributed by atoms with Gasteiger partial charge < -0.3 is 10.2 Å². The third kappa shape index (κ3) is 3.86. The molecule has 2 heterocycles. The molecule has 1 aliphatic heterocycles. The number of amides is 1. The Morgan fingerprint density at radius 3 is 2.57 bits per heavy atom. The van der Waals surface area contributed by atoms with E-state index in [9.17, 15) is 9.18 Å². The molecule has 4 nitrogen and oxygen atoms in total. The Balaban J connectivity index is 1.71. The molecular weight excluding hydrogens is 293 g/mol. The Kier molecular flexibility index (Phi) is 4.55. The molecule has 1 fully saturated rings. The summed E-state index contributed by atoms with van der Waals surface area (Å²) in [7, 11) is 0. The first-order valence-corrected chi connectivity index (χ1v) is 7.90. The SMILES string of the molecule is CC1CCN(C(=O)c2cc(Nc3ccc(F)cc3)ccn2)CC1. The van der Waals surface area contributed by atoms with Crippen LogP contribution in [-0.4, -0.2) is 28.9 Å². The van der Waals surface area contributed by atoms with Crippen molar-refractivity contribution in [3.8, 4) is 0 Å². The molecule has 5 heteroatoms. The number of halogens is 1. The average molecular weight is 313 g/mol. The van der Waals surface area contributed by atoms with Gasteiger partial charge in [0.25, 0.3) is 5.91 Å². The van der Waals surface area contributed by atoms with Crippen LogP contribution in [0.5, 0.6) is 0 Å². The summed E-state index contributed by atoms with van der Waals surface area (Å²) in [6.45, 7) is 3.79. The number of aromatic nitrogens is 1. The number of hydrogen-bond acceptors (Lipinski definition) is 3. The van der Waals surface area contributed by atoms with Crippen molar-refractivity contribution in [2.45, 2.75) is 19.8 Å². The van der Waals surface area contributed by atoms with Crippen LogP contribution in [0.3, 0.4) is 0 Å². The van der Waals surface area contributed by atoms with E-state index in [1.165, 1.54) is 12.1 Å². The number of likely N-dealkylation sites (tertiary alicyclic amines) is 1. The summed E-state index contributed by atoms with van der Waals surface area (Å²) >= 11 is 0. The van der Waals surface area contributed by atoms with Crippen molar-refractivity contribution in [2.24, 2.45) is 5.92 Å². The Bertz CT molecular complexity index is 679. The molecule has 1 N–H and O–H groups in total. The van der Waals surface area contributed by atoms with Gasteiger partial charge in [-0.05, 0) is 55.2 Å². The highest BCUT2D eigenvalue weighted by Crippen LogP contribution is 2.20. The quantitative estimate of drug-likeness (QED) is 0.936. The molecule has 1 aliphatic rings. The second kappa shape index (κ2) is 6.77. The minimum atomic E-state index is -0.277. The van der Waals surface area contributed by atoms with Crippen molar-refractivity contribution in [3.63, 3.8) is 0 Å². The van der Waals surface area contributed by atoms with E-state index in [0.29, 0.717) is 11.6 Å². The fourth-order valence-corrected chi connectivity index (χ4v) is 2.70. The second-order valence-corrected chi connectivity index (χ2v) is 6.04. The van der Waals surface area contributed by atoms with E-state index in [1.54, 1.807) is 30.5 Å². The number of carbonyl (C=O) groups excluding carboxylic acids is 1. The molecule has 0 aliphatic carbocycles. The van der Waals surface area contributed by atoms with E-state index in [-0.39, 0.29) is 11.7 Å². The fourth-order valence-electron chi connectivity index (χ4n) is 2.70. The predicted molar refractivity (Wildman–Crippen MR) is 88.2 cm³/mol. The highest BCUT2D eigenvalue weighted by atomic mass is 19.1. The van der Waals surface area contributed by atoms with Crippen molar-refractivity contribution >= 4 is 17.3 Å². The van der Waals surface area contributed by atoms with Gasteiger partial charge >= 0.3 is 0 Å². The topological polar surface area (TPSA) is 45.2 Å². The Morgan fingerprint density at radius 2 is 1.87 bits per heavy atom. The van der Waals surface area contributed by atoms with Crippen molar-refractivity contribution < 1.29 is 9.18 Å². The van der Waals surface area contributed by atoms with Gasteiger partial charge in [-0.15, -0.1) is 0 Å². The summed E-state index contributed by atoms with van der Waals surface area (Å²) in [6.07, 6.45) is 3.70. The number of carbonyl (C=O) groups is 1. The minimum absolute atomic E-state index is 0.0281. The smallest absolute Gasteiger partial charge is 0.272 e. The molecule has 1 saturated heterocycles. The minimum Gasteiger partial charge on any atom is -0.355 e. The van der Waals surface area contributed by atoms with E-state index in [1.807, 2.05) is 4.90 Å². The third-order valence-corrected chi connectivity index (χ3v) is 4.18. The van der Waals surface area contributed by atoms with Crippen molar-refractivity contribution in [2.75, 3.05) is 18.4 Å². The van der Waals surface area contributed by atoms with Crippen LogP contribution >= 0.6 is 0 Å². The Labute approximate surface area is 135 Å². The normalized spacial score (nSPS) is 15.5. The molecule has 1 aromatic heterocycles. The summed E-state index contributed by atoms with van der Waals surface area (Å²) in [4.78, 5) is 18.6. The summed E-state index contributed by atoms with van der Waals surface area (Å²) in [5.41, 5.74) is 1.97. The molecule has 0 bridgehead atoms. The number of hydrogen-bond donors (Lipinski definition) is 1. The summed E-state index contributed by atoms with van der Waals surface area (Å²) in [5, 5.41) is 3.16. The Morgan fingerprint density at radius 1 is 1.17 bits per heavy atom. The van der Waals surface area contributed by atoms with Crippen molar-refractivity contribution in [3.05, 3.63) is 54.1 Å². The largest absolute Gasteiger partial charge is 0.355 e. The Hall–Kier alpha value is -2.43. The number of piperidine rings is 1. The molecule has 2 aromatic rings. The molecule has 23 heavy (non-hydrogen) atoms. The molecule has 1 amide bonds. The van der Waals surface area contributed by atoms with Crippen molar-refractivity contribution in [1.29, 1.82) is 0 Å². The molecule has 0 radical (unpaired) electrons. The number of nitrogens with one attached hydrogen (secondary N) is 1. The van der Waals surface area contributed by atoms with Crippen molar-refractivity contribution in [1.82, 2.24) is 9.88 Å². The number of rotatable bonds is 3. The zero-order valence-electron chi connectivity index (χ0n) is 13.1. The summed E-state index contributed by atoms with van der Waals surface area (Å²) in [6, 6.07) is 9.63. The zero-order valence-corrected chi connectivity index (χ0v) is 13.1. The van der Waals surface area contributed by atoms with Crippen LogP contribution in [-0.2, 0) is 0 Å². The lowest BCUT2D eigenvalue weighted by Gasteiger charge is -2.30. The van der Waals surface area contributed by atoms with Crippen LogP contribution in [0, 0.1) is 11.7 Å².